The lowest BCUT2D eigenvalue weighted by Gasteiger charge is -2.32. The zero-order valence-electron chi connectivity index (χ0n) is 14.5. The van der Waals surface area contributed by atoms with Crippen molar-refractivity contribution in [3.63, 3.8) is 0 Å². The van der Waals surface area contributed by atoms with E-state index in [9.17, 15) is 4.79 Å². The molecule has 2 heterocycles. The molecule has 1 atom stereocenters. The van der Waals surface area contributed by atoms with Crippen molar-refractivity contribution < 1.29 is 9.53 Å². The van der Waals surface area contributed by atoms with Crippen LogP contribution < -0.4 is 5.32 Å². The first-order valence-electron chi connectivity index (χ1n) is 9.19. The maximum atomic E-state index is 12.4. The van der Waals surface area contributed by atoms with E-state index in [-0.39, 0.29) is 12.0 Å². The molecule has 2 aliphatic heterocycles. The molecule has 1 amide bonds. The van der Waals surface area contributed by atoms with Gasteiger partial charge in [-0.1, -0.05) is 36.8 Å². The van der Waals surface area contributed by atoms with E-state index in [1.807, 2.05) is 6.07 Å². The number of carbonyl (C=O) groups excluding carboxylic acids is 1. The first-order valence-corrected chi connectivity index (χ1v) is 9.19. The Morgan fingerprint density at radius 3 is 2.67 bits per heavy atom. The van der Waals surface area contributed by atoms with Crippen LogP contribution >= 0.6 is 0 Å². The van der Waals surface area contributed by atoms with Crippen molar-refractivity contribution in [2.45, 2.75) is 31.9 Å². The highest BCUT2D eigenvalue weighted by Gasteiger charge is 2.26. The van der Waals surface area contributed by atoms with E-state index < -0.39 is 0 Å². The number of ether oxygens (including phenoxy) is 1. The number of likely N-dealkylation sites (tertiary alicyclic amines) is 1. The Bertz CT molecular complexity index is 503. The van der Waals surface area contributed by atoms with Gasteiger partial charge in [0.15, 0.2) is 0 Å². The molecular formula is C19H29N3O2. The molecule has 0 radical (unpaired) electrons. The number of piperidine rings is 1. The van der Waals surface area contributed by atoms with Crippen LogP contribution in [0, 0.1) is 0 Å². The smallest absolute Gasteiger partial charge is 0.250 e. The van der Waals surface area contributed by atoms with Crippen LogP contribution in [-0.4, -0.2) is 67.7 Å². The van der Waals surface area contributed by atoms with Gasteiger partial charge in [-0.3, -0.25) is 9.69 Å². The third kappa shape index (κ3) is 5.30. The molecule has 1 aromatic rings. The van der Waals surface area contributed by atoms with Crippen molar-refractivity contribution in [2.75, 3.05) is 45.9 Å². The molecule has 24 heavy (non-hydrogen) atoms. The van der Waals surface area contributed by atoms with Crippen LogP contribution in [-0.2, 0) is 16.1 Å². The fourth-order valence-corrected chi connectivity index (χ4v) is 3.48. The minimum Gasteiger partial charge on any atom is -0.366 e. The Balaban J connectivity index is 1.39. The van der Waals surface area contributed by atoms with Crippen molar-refractivity contribution in [1.29, 1.82) is 0 Å². The minimum atomic E-state index is -0.344. The lowest BCUT2D eigenvalue weighted by Crippen LogP contribution is -2.50. The predicted molar refractivity (Wildman–Crippen MR) is 94.8 cm³/mol. The van der Waals surface area contributed by atoms with E-state index in [4.69, 9.17) is 4.74 Å². The molecule has 0 unspecified atom stereocenters. The van der Waals surface area contributed by atoms with Gasteiger partial charge in [0.1, 0.15) is 6.10 Å². The quantitative estimate of drug-likeness (QED) is 0.858. The number of hydrogen-bond donors (Lipinski definition) is 1. The first kappa shape index (κ1) is 17.4. The molecule has 1 aromatic carbocycles. The monoisotopic (exact) mass is 331 g/mol. The van der Waals surface area contributed by atoms with E-state index in [2.05, 4.69) is 39.4 Å². The second-order valence-corrected chi connectivity index (χ2v) is 6.77. The van der Waals surface area contributed by atoms with Crippen LogP contribution in [0.25, 0.3) is 0 Å². The third-order valence-corrected chi connectivity index (χ3v) is 4.87. The van der Waals surface area contributed by atoms with Gasteiger partial charge in [-0.15, -0.1) is 0 Å². The molecular weight excluding hydrogens is 302 g/mol. The van der Waals surface area contributed by atoms with Gasteiger partial charge in [0.05, 0.1) is 6.61 Å². The van der Waals surface area contributed by atoms with Gasteiger partial charge in [-0.2, -0.15) is 0 Å². The zero-order valence-corrected chi connectivity index (χ0v) is 14.5. The molecule has 0 aliphatic carbocycles. The largest absolute Gasteiger partial charge is 0.366 e. The predicted octanol–water partition coefficient (Wildman–Crippen LogP) is 1.49. The van der Waals surface area contributed by atoms with Crippen LogP contribution in [0.2, 0.25) is 0 Å². The van der Waals surface area contributed by atoms with E-state index >= 15 is 0 Å². The second-order valence-electron chi connectivity index (χ2n) is 6.77. The summed E-state index contributed by atoms with van der Waals surface area (Å²) in [6.45, 7) is 7.06. The van der Waals surface area contributed by atoms with Crippen LogP contribution in [0.1, 0.15) is 24.8 Å². The maximum absolute atomic E-state index is 12.4. The number of amides is 1. The van der Waals surface area contributed by atoms with Crippen molar-refractivity contribution in [3.05, 3.63) is 35.9 Å². The molecule has 5 nitrogen and oxygen atoms in total. The number of hydrogen-bond acceptors (Lipinski definition) is 4. The van der Waals surface area contributed by atoms with Gasteiger partial charge in [0.2, 0.25) is 0 Å². The van der Waals surface area contributed by atoms with E-state index in [1.54, 1.807) is 0 Å². The molecule has 2 aliphatic rings. The fourth-order valence-electron chi connectivity index (χ4n) is 3.48. The molecule has 5 heteroatoms. The number of nitrogens with one attached hydrogen (secondary N) is 1. The highest BCUT2D eigenvalue weighted by Crippen LogP contribution is 2.11. The van der Waals surface area contributed by atoms with E-state index in [1.165, 1.54) is 37.9 Å². The van der Waals surface area contributed by atoms with Crippen molar-refractivity contribution >= 4 is 5.91 Å². The van der Waals surface area contributed by atoms with Gasteiger partial charge in [0, 0.05) is 32.7 Å². The normalized spacial score (nSPS) is 23.1. The Hall–Kier alpha value is -1.43. The summed E-state index contributed by atoms with van der Waals surface area (Å²) in [5.41, 5.74) is 1.28. The summed E-state index contributed by atoms with van der Waals surface area (Å²) < 4.78 is 5.68. The average molecular weight is 331 g/mol. The molecule has 0 aromatic heterocycles. The Morgan fingerprint density at radius 1 is 1.08 bits per heavy atom. The number of nitrogens with zero attached hydrogens (tertiary/aromatic N) is 2. The molecule has 0 spiro atoms. The molecule has 132 valence electrons. The molecule has 2 saturated heterocycles. The summed E-state index contributed by atoms with van der Waals surface area (Å²) >= 11 is 0. The standard InChI is InChI=1S/C19H29N3O2/c23-19(20-9-12-21-10-5-2-6-11-21)18-16-22(13-14-24-18)15-17-7-3-1-4-8-17/h1,3-4,7-8,18H,2,5-6,9-16H2,(H,20,23)/t18-/m0/s1. The summed E-state index contributed by atoms with van der Waals surface area (Å²) in [4.78, 5) is 17.1. The number of carbonyl (C=O) groups is 1. The average Bonchev–Trinajstić information content (AvgIpc) is 2.64. The van der Waals surface area contributed by atoms with Crippen LogP contribution in [0.5, 0.6) is 0 Å². The Morgan fingerprint density at radius 2 is 1.88 bits per heavy atom. The topological polar surface area (TPSA) is 44.8 Å². The first-order chi connectivity index (χ1) is 11.8. The third-order valence-electron chi connectivity index (χ3n) is 4.87. The molecule has 0 bridgehead atoms. The van der Waals surface area contributed by atoms with Gasteiger partial charge in [-0.25, -0.2) is 0 Å². The summed E-state index contributed by atoms with van der Waals surface area (Å²) in [6.07, 6.45) is 3.57. The molecule has 2 fully saturated rings. The maximum Gasteiger partial charge on any atom is 0.250 e. The molecule has 0 saturated carbocycles. The summed E-state index contributed by atoms with van der Waals surface area (Å²) in [5.74, 6) is 0.0322. The summed E-state index contributed by atoms with van der Waals surface area (Å²) in [6, 6.07) is 10.4. The number of benzene rings is 1. The molecule has 3 rings (SSSR count). The summed E-state index contributed by atoms with van der Waals surface area (Å²) in [7, 11) is 0. The highest BCUT2D eigenvalue weighted by molar-refractivity contribution is 5.81. The molecule has 1 N–H and O–H groups in total. The van der Waals surface area contributed by atoms with Crippen molar-refractivity contribution in [2.24, 2.45) is 0 Å². The van der Waals surface area contributed by atoms with Gasteiger partial charge in [-0.05, 0) is 31.5 Å². The number of morpholine rings is 1. The van der Waals surface area contributed by atoms with Crippen molar-refractivity contribution in [3.8, 4) is 0 Å². The Labute approximate surface area is 145 Å². The summed E-state index contributed by atoms with van der Waals surface area (Å²) in [5, 5.41) is 3.05. The minimum absolute atomic E-state index is 0.0322. The highest BCUT2D eigenvalue weighted by atomic mass is 16.5. The van der Waals surface area contributed by atoms with Gasteiger partial charge < -0.3 is 15.0 Å². The van der Waals surface area contributed by atoms with Crippen LogP contribution in [0.3, 0.4) is 0 Å². The van der Waals surface area contributed by atoms with E-state index in [0.29, 0.717) is 13.2 Å². The van der Waals surface area contributed by atoms with Crippen LogP contribution in [0.4, 0.5) is 0 Å². The Kier molecular flexibility index (Phi) is 6.64. The van der Waals surface area contributed by atoms with Crippen LogP contribution in [0.15, 0.2) is 30.3 Å². The van der Waals surface area contributed by atoms with Crippen molar-refractivity contribution in [1.82, 2.24) is 15.1 Å². The SMILES string of the molecule is O=C(NCCN1CCCCC1)[C@@H]1CN(Cc2ccccc2)CCO1. The van der Waals surface area contributed by atoms with Gasteiger partial charge in [0.25, 0.3) is 5.91 Å². The second kappa shape index (κ2) is 9.16. The lowest BCUT2D eigenvalue weighted by molar-refractivity contribution is -0.138. The fraction of sp³-hybridized carbons (Fsp3) is 0.632. The zero-order chi connectivity index (χ0) is 16.6. The van der Waals surface area contributed by atoms with E-state index in [0.717, 1.165) is 26.2 Å². The van der Waals surface area contributed by atoms with Gasteiger partial charge >= 0.3 is 0 Å². The lowest BCUT2D eigenvalue weighted by atomic mass is 10.1. The number of rotatable bonds is 6.